The first kappa shape index (κ1) is 11.2. The molecule has 0 atom stereocenters. The zero-order chi connectivity index (χ0) is 10.2. The predicted octanol–water partition coefficient (Wildman–Crippen LogP) is 1.77. The molecule has 0 saturated carbocycles. The van der Waals surface area contributed by atoms with Crippen LogP contribution in [0.2, 0.25) is 0 Å². The molecule has 0 aromatic carbocycles. The Kier molecular flexibility index (Phi) is 5.22. The Hall–Kier alpha value is -0.900. The first-order chi connectivity index (χ1) is 6.79. The molecule has 0 bridgehead atoms. The van der Waals surface area contributed by atoms with E-state index in [2.05, 4.69) is 4.89 Å². The van der Waals surface area contributed by atoms with E-state index in [0.717, 1.165) is 19.3 Å². The summed E-state index contributed by atoms with van der Waals surface area (Å²) < 4.78 is 0. The van der Waals surface area contributed by atoms with E-state index in [-0.39, 0.29) is 5.97 Å². The van der Waals surface area contributed by atoms with Crippen molar-refractivity contribution < 1.29 is 19.4 Å². The average molecular weight is 200 g/mol. The fraction of sp³-hybridized carbons (Fsp3) is 0.800. The Balaban J connectivity index is 2.27. The predicted molar refractivity (Wildman–Crippen MR) is 49.4 cm³/mol. The minimum absolute atomic E-state index is 0.291. The van der Waals surface area contributed by atoms with Gasteiger partial charge in [0.05, 0.1) is 6.61 Å². The molecule has 1 saturated heterocycles. The largest absolute Gasteiger partial charge is 0.342 e. The van der Waals surface area contributed by atoms with Crippen LogP contribution in [0.4, 0.5) is 0 Å². The second kappa shape index (κ2) is 6.54. The third kappa shape index (κ3) is 4.97. The van der Waals surface area contributed by atoms with E-state index in [1.807, 2.05) is 0 Å². The van der Waals surface area contributed by atoms with Crippen LogP contribution < -0.4 is 0 Å². The SMILES string of the molecule is O=C1CCCCOOC(=O)CCCC1. The number of ketones is 1. The fourth-order valence-corrected chi connectivity index (χ4v) is 1.35. The summed E-state index contributed by atoms with van der Waals surface area (Å²) in [5, 5.41) is 0. The summed E-state index contributed by atoms with van der Waals surface area (Å²) >= 11 is 0. The van der Waals surface area contributed by atoms with Crippen molar-refractivity contribution >= 4 is 11.8 Å². The van der Waals surface area contributed by atoms with Gasteiger partial charge in [-0.3, -0.25) is 9.68 Å². The van der Waals surface area contributed by atoms with Crippen LogP contribution >= 0.6 is 0 Å². The lowest BCUT2D eigenvalue weighted by atomic mass is 10.1. The molecule has 0 aliphatic carbocycles. The summed E-state index contributed by atoms with van der Waals surface area (Å²) in [5.74, 6) is -0.0445. The van der Waals surface area contributed by atoms with Crippen molar-refractivity contribution in [3.8, 4) is 0 Å². The highest BCUT2D eigenvalue weighted by atomic mass is 17.2. The molecule has 4 heteroatoms. The van der Waals surface area contributed by atoms with Gasteiger partial charge in [0.1, 0.15) is 5.78 Å². The third-order valence-corrected chi connectivity index (χ3v) is 2.17. The summed E-state index contributed by atoms with van der Waals surface area (Å²) in [4.78, 5) is 31.4. The van der Waals surface area contributed by atoms with Crippen molar-refractivity contribution in [1.82, 2.24) is 0 Å². The summed E-state index contributed by atoms with van der Waals surface area (Å²) in [5.41, 5.74) is 0. The second-order valence-electron chi connectivity index (χ2n) is 3.48. The van der Waals surface area contributed by atoms with Crippen LogP contribution in [0.3, 0.4) is 0 Å². The molecule has 1 rings (SSSR count). The number of Topliss-reactive ketones (excluding diaryl/α,β-unsaturated/α-hetero) is 1. The molecule has 0 aromatic rings. The van der Waals surface area contributed by atoms with Crippen LogP contribution in [0.15, 0.2) is 0 Å². The van der Waals surface area contributed by atoms with Crippen LogP contribution in [0, 0.1) is 0 Å². The first-order valence-corrected chi connectivity index (χ1v) is 5.13. The summed E-state index contributed by atoms with van der Waals surface area (Å²) in [6, 6.07) is 0. The molecule has 0 aromatic heterocycles. The monoisotopic (exact) mass is 200 g/mol. The van der Waals surface area contributed by atoms with E-state index < -0.39 is 0 Å². The molecule has 0 spiro atoms. The average Bonchev–Trinajstić information content (AvgIpc) is 2.16. The Morgan fingerprint density at radius 2 is 1.50 bits per heavy atom. The number of carbonyl (C=O) groups is 2. The van der Waals surface area contributed by atoms with Crippen molar-refractivity contribution in [3.05, 3.63) is 0 Å². The minimum atomic E-state index is -0.335. The maximum absolute atomic E-state index is 11.2. The molecule has 1 aliphatic rings. The van der Waals surface area contributed by atoms with Gasteiger partial charge in [-0.25, -0.2) is 4.79 Å². The highest BCUT2D eigenvalue weighted by Crippen LogP contribution is 2.08. The van der Waals surface area contributed by atoms with E-state index in [9.17, 15) is 9.59 Å². The number of carbonyl (C=O) groups excluding carboxylic acids is 2. The Morgan fingerprint density at radius 3 is 2.29 bits per heavy atom. The molecule has 14 heavy (non-hydrogen) atoms. The van der Waals surface area contributed by atoms with Crippen molar-refractivity contribution in [2.45, 2.75) is 44.9 Å². The highest BCUT2D eigenvalue weighted by Gasteiger charge is 2.08. The molecule has 0 N–H and O–H groups in total. The zero-order valence-corrected chi connectivity index (χ0v) is 8.29. The van der Waals surface area contributed by atoms with Crippen LogP contribution in [0.1, 0.15) is 44.9 Å². The van der Waals surface area contributed by atoms with Crippen LogP contribution in [-0.2, 0) is 19.4 Å². The molecular formula is C10H16O4. The summed E-state index contributed by atoms with van der Waals surface area (Å²) in [6.07, 6.45) is 4.61. The Labute approximate surface area is 83.5 Å². The van der Waals surface area contributed by atoms with Gasteiger partial charge in [0, 0.05) is 19.3 Å². The minimum Gasteiger partial charge on any atom is -0.300 e. The molecule has 80 valence electrons. The van der Waals surface area contributed by atoms with Gasteiger partial charge in [0.15, 0.2) is 0 Å². The van der Waals surface area contributed by atoms with Gasteiger partial charge in [-0.2, -0.15) is 4.89 Å². The fourth-order valence-electron chi connectivity index (χ4n) is 1.35. The lowest BCUT2D eigenvalue weighted by Crippen LogP contribution is -2.08. The molecular weight excluding hydrogens is 184 g/mol. The van der Waals surface area contributed by atoms with Gasteiger partial charge >= 0.3 is 5.97 Å². The van der Waals surface area contributed by atoms with Gasteiger partial charge in [-0.05, 0) is 25.7 Å². The lowest BCUT2D eigenvalue weighted by molar-refractivity contribution is -0.272. The van der Waals surface area contributed by atoms with Gasteiger partial charge in [0.25, 0.3) is 0 Å². The number of hydrogen-bond acceptors (Lipinski definition) is 4. The van der Waals surface area contributed by atoms with Gasteiger partial charge in [0.2, 0.25) is 0 Å². The molecule has 1 aliphatic heterocycles. The maximum atomic E-state index is 11.2. The van der Waals surface area contributed by atoms with Crippen LogP contribution in [0.5, 0.6) is 0 Å². The topological polar surface area (TPSA) is 52.6 Å². The maximum Gasteiger partial charge on any atom is 0.342 e. The standard InChI is InChI=1S/C10H16O4/c11-9-5-1-2-7-10(12)14-13-8-4-3-6-9/h1-8H2. The summed E-state index contributed by atoms with van der Waals surface area (Å²) in [6.45, 7) is 0.388. The first-order valence-electron chi connectivity index (χ1n) is 5.13. The van der Waals surface area contributed by atoms with Crippen LogP contribution in [-0.4, -0.2) is 18.4 Å². The summed E-state index contributed by atoms with van der Waals surface area (Å²) in [7, 11) is 0. The van der Waals surface area contributed by atoms with Crippen molar-refractivity contribution in [3.63, 3.8) is 0 Å². The van der Waals surface area contributed by atoms with Crippen molar-refractivity contribution in [1.29, 1.82) is 0 Å². The Morgan fingerprint density at radius 1 is 0.857 bits per heavy atom. The van der Waals surface area contributed by atoms with E-state index in [4.69, 9.17) is 4.89 Å². The van der Waals surface area contributed by atoms with Gasteiger partial charge in [-0.1, -0.05) is 0 Å². The third-order valence-electron chi connectivity index (χ3n) is 2.17. The van der Waals surface area contributed by atoms with E-state index in [1.165, 1.54) is 0 Å². The molecule has 1 heterocycles. The number of hydrogen-bond donors (Lipinski definition) is 0. The smallest absolute Gasteiger partial charge is 0.300 e. The molecule has 0 amide bonds. The molecule has 0 unspecified atom stereocenters. The normalized spacial score (nSPS) is 22.0. The van der Waals surface area contributed by atoms with Crippen molar-refractivity contribution in [2.75, 3.05) is 6.61 Å². The second-order valence-corrected chi connectivity index (χ2v) is 3.48. The van der Waals surface area contributed by atoms with Crippen LogP contribution in [0.25, 0.3) is 0 Å². The lowest BCUT2D eigenvalue weighted by Gasteiger charge is -2.06. The Bertz CT molecular complexity index is 178. The molecule has 4 nitrogen and oxygen atoms in total. The van der Waals surface area contributed by atoms with E-state index in [0.29, 0.717) is 38.1 Å². The van der Waals surface area contributed by atoms with Gasteiger partial charge < -0.3 is 0 Å². The quantitative estimate of drug-likeness (QED) is 0.559. The van der Waals surface area contributed by atoms with Gasteiger partial charge in [-0.15, -0.1) is 0 Å². The molecule has 1 fully saturated rings. The highest BCUT2D eigenvalue weighted by molar-refractivity contribution is 5.78. The zero-order valence-electron chi connectivity index (χ0n) is 8.29. The van der Waals surface area contributed by atoms with Crippen molar-refractivity contribution in [2.24, 2.45) is 0 Å². The van der Waals surface area contributed by atoms with E-state index >= 15 is 0 Å². The van der Waals surface area contributed by atoms with E-state index in [1.54, 1.807) is 0 Å². The molecule has 0 radical (unpaired) electrons. The number of rotatable bonds is 0.